The standard InChI is InChI=1S/C19H30N2O/c1-4-21(5-2)19(22)18-11-13-20(14-12-18)15-16(3)17-9-7-6-8-10-17/h6-10,16,18H,4-5,11-15H2,1-3H3/t16-/m1/s1. The number of rotatable bonds is 6. The fraction of sp³-hybridized carbons (Fsp3) is 0.632. The number of likely N-dealkylation sites (tertiary alicyclic amines) is 1. The molecule has 0 bridgehead atoms. The summed E-state index contributed by atoms with van der Waals surface area (Å²) in [6.07, 6.45) is 2.02. The third kappa shape index (κ3) is 4.33. The maximum Gasteiger partial charge on any atom is 0.225 e. The van der Waals surface area contributed by atoms with Gasteiger partial charge in [0.25, 0.3) is 0 Å². The quantitative estimate of drug-likeness (QED) is 0.804. The first-order chi connectivity index (χ1) is 10.7. The van der Waals surface area contributed by atoms with Crippen molar-refractivity contribution in [3.63, 3.8) is 0 Å². The molecule has 0 saturated carbocycles. The molecule has 1 aliphatic rings. The molecule has 1 atom stereocenters. The lowest BCUT2D eigenvalue weighted by molar-refractivity contribution is -0.136. The number of amides is 1. The monoisotopic (exact) mass is 302 g/mol. The molecule has 0 unspecified atom stereocenters. The van der Waals surface area contributed by atoms with Gasteiger partial charge in [-0.15, -0.1) is 0 Å². The smallest absolute Gasteiger partial charge is 0.225 e. The Bertz CT molecular complexity index is 448. The van der Waals surface area contributed by atoms with E-state index in [1.807, 2.05) is 4.90 Å². The second-order valence-electron chi connectivity index (χ2n) is 6.40. The molecule has 0 radical (unpaired) electrons. The minimum atomic E-state index is 0.239. The van der Waals surface area contributed by atoms with Crippen molar-refractivity contribution < 1.29 is 4.79 Å². The van der Waals surface area contributed by atoms with Crippen LogP contribution in [0.2, 0.25) is 0 Å². The van der Waals surface area contributed by atoms with Crippen molar-refractivity contribution in [3.05, 3.63) is 35.9 Å². The Hall–Kier alpha value is -1.35. The molecule has 3 heteroatoms. The Morgan fingerprint density at radius 2 is 1.77 bits per heavy atom. The number of hydrogen-bond acceptors (Lipinski definition) is 2. The first-order valence-electron chi connectivity index (χ1n) is 8.71. The highest BCUT2D eigenvalue weighted by atomic mass is 16.2. The predicted molar refractivity (Wildman–Crippen MR) is 91.9 cm³/mol. The van der Waals surface area contributed by atoms with E-state index in [9.17, 15) is 4.79 Å². The minimum Gasteiger partial charge on any atom is -0.343 e. The average molecular weight is 302 g/mol. The Morgan fingerprint density at radius 1 is 1.18 bits per heavy atom. The minimum absolute atomic E-state index is 0.239. The van der Waals surface area contributed by atoms with E-state index in [4.69, 9.17) is 0 Å². The van der Waals surface area contributed by atoms with Gasteiger partial charge in [-0.25, -0.2) is 0 Å². The summed E-state index contributed by atoms with van der Waals surface area (Å²) in [6.45, 7) is 11.3. The number of nitrogens with zero attached hydrogens (tertiary/aromatic N) is 2. The first kappa shape index (κ1) is 17.0. The molecule has 22 heavy (non-hydrogen) atoms. The van der Waals surface area contributed by atoms with Crippen molar-refractivity contribution in [2.24, 2.45) is 5.92 Å². The molecule has 1 aliphatic heterocycles. The van der Waals surface area contributed by atoms with Gasteiger partial charge in [0.05, 0.1) is 0 Å². The molecule has 1 fully saturated rings. The highest BCUT2D eigenvalue weighted by molar-refractivity contribution is 5.78. The Labute approximate surface area is 135 Å². The summed E-state index contributed by atoms with van der Waals surface area (Å²) in [5.41, 5.74) is 1.41. The summed E-state index contributed by atoms with van der Waals surface area (Å²) in [5, 5.41) is 0. The SMILES string of the molecule is CCN(CC)C(=O)C1CCN(C[C@@H](C)c2ccccc2)CC1. The maximum absolute atomic E-state index is 12.4. The third-order valence-electron chi connectivity index (χ3n) is 4.91. The zero-order valence-electron chi connectivity index (χ0n) is 14.3. The van der Waals surface area contributed by atoms with E-state index >= 15 is 0 Å². The van der Waals surface area contributed by atoms with Crippen LogP contribution in [-0.2, 0) is 4.79 Å². The molecule has 122 valence electrons. The van der Waals surface area contributed by atoms with Crippen LogP contribution in [0.3, 0.4) is 0 Å². The van der Waals surface area contributed by atoms with Crippen LogP contribution in [0.1, 0.15) is 45.1 Å². The van der Waals surface area contributed by atoms with Crippen molar-refractivity contribution in [2.75, 3.05) is 32.7 Å². The van der Waals surface area contributed by atoms with Crippen LogP contribution in [0.15, 0.2) is 30.3 Å². The number of piperidine rings is 1. The van der Waals surface area contributed by atoms with Gasteiger partial charge in [-0.3, -0.25) is 4.79 Å². The number of carbonyl (C=O) groups is 1. The summed E-state index contributed by atoms with van der Waals surface area (Å²) < 4.78 is 0. The van der Waals surface area contributed by atoms with E-state index in [0.29, 0.717) is 11.8 Å². The molecule has 2 rings (SSSR count). The molecule has 1 amide bonds. The van der Waals surface area contributed by atoms with Crippen molar-refractivity contribution in [2.45, 2.75) is 39.5 Å². The van der Waals surface area contributed by atoms with Crippen LogP contribution in [-0.4, -0.2) is 48.4 Å². The lowest BCUT2D eigenvalue weighted by Gasteiger charge is -2.35. The van der Waals surface area contributed by atoms with Crippen LogP contribution in [0.25, 0.3) is 0 Å². The lowest BCUT2D eigenvalue weighted by atomic mass is 9.93. The van der Waals surface area contributed by atoms with Crippen LogP contribution < -0.4 is 0 Å². The molecular formula is C19H30N2O. The predicted octanol–water partition coefficient (Wildman–Crippen LogP) is 3.37. The topological polar surface area (TPSA) is 23.6 Å². The molecular weight excluding hydrogens is 272 g/mol. The summed E-state index contributed by atoms with van der Waals surface area (Å²) in [7, 11) is 0. The number of benzene rings is 1. The highest BCUT2D eigenvalue weighted by Crippen LogP contribution is 2.23. The molecule has 0 aliphatic carbocycles. The molecule has 0 N–H and O–H groups in total. The second kappa shape index (κ2) is 8.33. The van der Waals surface area contributed by atoms with Gasteiger partial charge in [0.2, 0.25) is 5.91 Å². The summed E-state index contributed by atoms with van der Waals surface area (Å²) in [6, 6.07) is 10.7. The largest absolute Gasteiger partial charge is 0.343 e. The van der Waals surface area contributed by atoms with Gasteiger partial charge in [-0.1, -0.05) is 37.3 Å². The van der Waals surface area contributed by atoms with Crippen molar-refractivity contribution in [1.29, 1.82) is 0 Å². The van der Waals surface area contributed by atoms with Crippen molar-refractivity contribution in [3.8, 4) is 0 Å². The molecule has 0 aromatic heterocycles. The Balaban J connectivity index is 1.81. The fourth-order valence-corrected chi connectivity index (χ4v) is 3.43. The zero-order chi connectivity index (χ0) is 15.9. The zero-order valence-corrected chi connectivity index (χ0v) is 14.3. The van der Waals surface area contributed by atoms with Gasteiger partial charge in [0.1, 0.15) is 0 Å². The van der Waals surface area contributed by atoms with Gasteiger partial charge >= 0.3 is 0 Å². The second-order valence-corrected chi connectivity index (χ2v) is 6.40. The fourth-order valence-electron chi connectivity index (χ4n) is 3.43. The third-order valence-corrected chi connectivity index (χ3v) is 4.91. The van der Waals surface area contributed by atoms with Crippen LogP contribution in [0.5, 0.6) is 0 Å². The Morgan fingerprint density at radius 3 is 2.32 bits per heavy atom. The average Bonchev–Trinajstić information content (AvgIpc) is 2.57. The van der Waals surface area contributed by atoms with Gasteiger partial charge in [-0.2, -0.15) is 0 Å². The van der Waals surface area contributed by atoms with Crippen LogP contribution in [0, 0.1) is 5.92 Å². The van der Waals surface area contributed by atoms with Gasteiger partial charge < -0.3 is 9.80 Å². The van der Waals surface area contributed by atoms with Gasteiger partial charge in [0.15, 0.2) is 0 Å². The first-order valence-corrected chi connectivity index (χ1v) is 8.71. The van der Waals surface area contributed by atoms with E-state index < -0.39 is 0 Å². The van der Waals surface area contributed by atoms with Gasteiger partial charge in [0, 0.05) is 25.6 Å². The van der Waals surface area contributed by atoms with Gasteiger partial charge in [-0.05, 0) is 51.3 Å². The number of hydrogen-bond donors (Lipinski definition) is 0. The normalized spacial score (nSPS) is 18.1. The van der Waals surface area contributed by atoms with Crippen molar-refractivity contribution >= 4 is 5.91 Å². The number of carbonyl (C=O) groups excluding carboxylic acids is 1. The lowest BCUT2D eigenvalue weighted by Crippen LogP contribution is -2.43. The summed E-state index contributed by atoms with van der Waals surface area (Å²) in [5.74, 6) is 1.15. The molecule has 1 aromatic carbocycles. The molecule has 1 aromatic rings. The maximum atomic E-state index is 12.4. The van der Waals surface area contributed by atoms with Crippen LogP contribution >= 0.6 is 0 Å². The summed E-state index contributed by atoms with van der Waals surface area (Å²) in [4.78, 5) is 16.9. The summed E-state index contributed by atoms with van der Waals surface area (Å²) >= 11 is 0. The van der Waals surface area contributed by atoms with Crippen molar-refractivity contribution in [1.82, 2.24) is 9.80 Å². The molecule has 3 nitrogen and oxygen atoms in total. The Kier molecular flexibility index (Phi) is 6.44. The van der Waals surface area contributed by atoms with E-state index in [-0.39, 0.29) is 5.92 Å². The van der Waals surface area contributed by atoms with Crippen LogP contribution in [0.4, 0.5) is 0 Å². The van der Waals surface area contributed by atoms with E-state index in [1.54, 1.807) is 0 Å². The molecule has 1 heterocycles. The molecule has 0 spiro atoms. The highest BCUT2D eigenvalue weighted by Gasteiger charge is 2.27. The van der Waals surface area contributed by atoms with E-state index in [2.05, 4.69) is 56.0 Å². The van der Waals surface area contributed by atoms with E-state index in [0.717, 1.165) is 45.6 Å². The molecule has 1 saturated heterocycles. The van der Waals surface area contributed by atoms with E-state index in [1.165, 1.54) is 5.56 Å².